The van der Waals surface area contributed by atoms with Crippen LogP contribution in [-0.2, 0) is 11.0 Å². The Balaban J connectivity index is 1.15. The molecule has 0 N–H and O–H groups in total. The average molecular weight is 733 g/mol. The molecule has 5 heteroatoms. The maximum absolute atomic E-state index is 6.64. The maximum Gasteiger partial charge on any atom is 0.212 e. The van der Waals surface area contributed by atoms with Crippen molar-refractivity contribution in [3.63, 3.8) is 0 Å². The minimum absolute atomic E-state index is 0.596. The maximum atomic E-state index is 6.64. The highest BCUT2D eigenvalue weighted by molar-refractivity contribution is 5.93. The van der Waals surface area contributed by atoms with E-state index in [1.54, 1.807) is 0 Å². The molecule has 270 valence electrons. The van der Waals surface area contributed by atoms with Crippen molar-refractivity contribution in [3.05, 3.63) is 239 Å². The lowest BCUT2D eigenvalue weighted by molar-refractivity contribution is 0.434. The Bertz CT molecular complexity index is 2910. The SMILES string of the molecule is CN1c2cc(N3c4ccccc4C4(c5ccccc5Oc5ccccc54)c4ccccc43)ccc2C(c2ccccc2)(c2ccccc2)n2c1nc1ccccc12. The number of fused-ring (bicyclic) bond motifs is 12. The molecule has 4 heterocycles. The van der Waals surface area contributed by atoms with Crippen LogP contribution in [0.4, 0.5) is 28.7 Å². The average Bonchev–Trinajstić information content (AvgIpc) is 3.68. The largest absolute Gasteiger partial charge is 0.457 e. The third-order valence-corrected chi connectivity index (χ3v) is 12.5. The van der Waals surface area contributed by atoms with Gasteiger partial charge in [-0.2, -0.15) is 0 Å². The molecule has 5 nitrogen and oxygen atoms in total. The summed E-state index contributed by atoms with van der Waals surface area (Å²) in [6, 6.07) is 72.3. The number of hydrogen-bond donors (Lipinski definition) is 0. The summed E-state index contributed by atoms with van der Waals surface area (Å²) in [5.74, 6) is 2.65. The van der Waals surface area contributed by atoms with E-state index in [1.165, 1.54) is 27.8 Å². The predicted octanol–water partition coefficient (Wildman–Crippen LogP) is 12.2. The molecular weight excluding hydrogens is 697 g/mol. The normalized spacial score (nSPS) is 15.1. The van der Waals surface area contributed by atoms with Gasteiger partial charge in [0.15, 0.2) is 0 Å². The third-order valence-electron chi connectivity index (χ3n) is 12.5. The van der Waals surface area contributed by atoms with Crippen LogP contribution in [0, 0.1) is 0 Å². The number of benzene rings is 8. The molecule has 57 heavy (non-hydrogen) atoms. The molecular formula is C52H36N4O. The second-order valence-electron chi connectivity index (χ2n) is 15.2. The highest BCUT2D eigenvalue weighted by Gasteiger charge is 2.52. The summed E-state index contributed by atoms with van der Waals surface area (Å²) in [6.07, 6.45) is 0. The number of hydrogen-bond acceptors (Lipinski definition) is 4. The van der Waals surface area contributed by atoms with Crippen molar-refractivity contribution < 1.29 is 4.74 Å². The van der Waals surface area contributed by atoms with Crippen molar-refractivity contribution in [1.29, 1.82) is 0 Å². The fourth-order valence-corrected chi connectivity index (χ4v) is 10.2. The minimum atomic E-state index is -0.703. The van der Waals surface area contributed by atoms with Crippen LogP contribution in [0.1, 0.15) is 38.9 Å². The number of nitrogens with zero attached hydrogens (tertiary/aromatic N) is 4. The Kier molecular flexibility index (Phi) is 6.62. The highest BCUT2D eigenvalue weighted by atomic mass is 16.5. The summed E-state index contributed by atoms with van der Waals surface area (Å²) in [6.45, 7) is 0. The molecule has 0 amide bonds. The molecule has 1 aromatic heterocycles. The number of para-hydroxylation sites is 6. The molecule has 0 aliphatic carbocycles. The molecule has 0 saturated carbocycles. The molecule has 0 unspecified atom stereocenters. The van der Waals surface area contributed by atoms with E-state index >= 15 is 0 Å². The second kappa shape index (κ2) is 11.8. The Morgan fingerprint density at radius 1 is 0.456 bits per heavy atom. The summed E-state index contributed by atoms with van der Waals surface area (Å²) in [7, 11) is 2.16. The summed E-state index contributed by atoms with van der Waals surface area (Å²) in [4.78, 5) is 10.1. The van der Waals surface area contributed by atoms with Gasteiger partial charge in [0.25, 0.3) is 0 Å². The molecule has 3 aliphatic rings. The third kappa shape index (κ3) is 4.10. The fourth-order valence-electron chi connectivity index (χ4n) is 10.2. The van der Waals surface area contributed by atoms with E-state index in [1.807, 2.05) is 0 Å². The lowest BCUT2D eigenvalue weighted by atomic mass is 9.61. The van der Waals surface area contributed by atoms with Gasteiger partial charge in [0.05, 0.1) is 33.5 Å². The van der Waals surface area contributed by atoms with Gasteiger partial charge < -0.3 is 14.5 Å². The smallest absolute Gasteiger partial charge is 0.212 e. The van der Waals surface area contributed by atoms with Crippen LogP contribution in [0.3, 0.4) is 0 Å². The minimum Gasteiger partial charge on any atom is -0.457 e. The van der Waals surface area contributed by atoms with Crippen molar-refractivity contribution >= 4 is 39.7 Å². The van der Waals surface area contributed by atoms with Gasteiger partial charge in [-0.3, -0.25) is 4.57 Å². The molecule has 9 aromatic rings. The topological polar surface area (TPSA) is 33.5 Å². The molecule has 1 spiro atoms. The van der Waals surface area contributed by atoms with Crippen LogP contribution in [0.2, 0.25) is 0 Å². The monoisotopic (exact) mass is 732 g/mol. The quantitative estimate of drug-likeness (QED) is 0.181. The van der Waals surface area contributed by atoms with Crippen LogP contribution >= 0.6 is 0 Å². The van der Waals surface area contributed by atoms with Crippen LogP contribution in [-0.4, -0.2) is 16.6 Å². The highest BCUT2D eigenvalue weighted by Crippen LogP contribution is 2.63. The van der Waals surface area contributed by atoms with Crippen molar-refractivity contribution in [1.82, 2.24) is 9.55 Å². The first-order chi connectivity index (χ1) is 28.2. The van der Waals surface area contributed by atoms with Crippen LogP contribution in [0.15, 0.2) is 200 Å². The summed E-state index contributed by atoms with van der Waals surface area (Å²) in [5.41, 5.74) is 13.4. The number of anilines is 5. The van der Waals surface area contributed by atoms with Gasteiger partial charge in [-0.1, -0.05) is 152 Å². The summed E-state index contributed by atoms with van der Waals surface area (Å²) < 4.78 is 9.09. The zero-order valence-electron chi connectivity index (χ0n) is 31.2. The molecule has 8 aromatic carbocycles. The van der Waals surface area contributed by atoms with Crippen LogP contribution in [0.5, 0.6) is 11.5 Å². The van der Waals surface area contributed by atoms with Gasteiger partial charge in [-0.05, 0) is 70.8 Å². The first-order valence-corrected chi connectivity index (χ1v) is 19.5. The van der Waals surface area contributed by atoms with Crippen molar-refractivity contribution in [2.75, 3.05) is 16.8 Å². The van der Waals surface area contributed by atoms with E-state index in [0.717, 1.165) is 62.4 Å². The van der Waals surface area contributed by atoms with Crippen LogP contribution in [0.25, 0.3) is 11.0 Å². The fraction of sp³-hybridized carbons (Fsp3) is 0.0577. The van der Waals surface area contributed by atoms with Crippen LogP contribution < -0.4 is 14.5 Å². The molecule has 0 fully saturated rings. The first kappa shape index (κ1) is 31.9. The Morgan fingerprint density at radius 3 is 1.58 bits per heavy atom. The molecule has 3 aliphatic heterocycles. The van der Waals surface area contributed by atoms with E-state index in [9.17, 15) is 0 Å². The lowest BCUT2D eigenvalue weighted by Gasteiger charge is -2.49. The van der Waals surface area contributed by atoms with Crippen molar-refractivity contribution in [3.8, 4) is 11.5 Å². The molecule has 0 saturated heterocycles. The van der Waals surface area contributed by atoms with Gasteiger partial charge in [-0.15, -0.1) is 0 Å². The number of aromatic nitrogens is 2. The zero-order valence-corrected chi connectivity index (χ0v) is 31.2. The van der Waals surface area contributed by atoms with E-state index in [0.29, 0.717) is 0 Å². The van der Waals surface area contributed by atoms with Crippen molar-refractivity contribution in [2.45, 2.75) is 11.0 Å². The molecule has 0 bridgehead atoms. The van der Waals surface area contributed by atoms with Gasteiger partial charge >= 0.3 is 0 Å². The molecule has 12 rings (SSSR count). The second-order valence-corrected chi connectivity index (χ2v) is 15.2. The van der Waals surface area contributed by atoms with Gasteiger partial charge in [0.2, 0.25) is 5.95 Å². The Labute approximate surface area is 331 Å². The first-order valence-electron chi connectivity index (χ1n) is 19.5. The number of imidazole rings is 1. The zero-order chi connectivity index (χ0) is 37.7. The molecule has 0 radical (unpaired) electrons. The van der Waals surface area contributed by atoms with E-state index in [2.05, 4.69) is 222 Å². The van der Waals surface area contributed by atoms with Crippen molar-refractivity contribution in [2.24, 2.45) is 0 Å². The van der Waals surface area contributed by atoms with Gasteiger partial charge in [-0.25, -0.2) is 4.98 Å². The van der Waals surface area contributed by atoms with E-state index in [4.69, 9.17) is 9.72 Å². The summed E-state index contributed by atoms with van der Waals surface area (Å²) in [5, 5.41) is 0. The summed E-state index contributed by atoms with van der Waals surface area (Å²) >= 11 is 0. The predicted molar refractivity (Wildman–Crippen MR) is 229 cm³/mol. The lowest BCUT2D eigenvalue weighted by Crippen LogP contribution is -2.43. The number of rotatable bonds is 3. The van der Waals surface area contributed by atoms with Gasteiger partial charge in [0, 0.05) is 29.4 Å². The Hall–Kier alpha value is -7.37. The standard InChI is InChI=1S/C52H36N4O/c1-54-47-34-37(32-33-40(47)52(35-18-4-2-5-19-35,36-20-6-3-7-21-36)56-46-29-15-12-26-43(46)53-50(54)56)55-44-27-13-8-22-38(44)51(39-23-9-14-28-45(39)55)41-24-10-16-30-48(41)57-49-31-17-11-25-42(49)51/h2-34H,1H3. The molecule has 0 atom stereocenters. The Morgan fingerprint density at radius 2 is 0.965 bits per heavy atom. The number of ether oxygens (including phenoxy) is 1. The van der Waals surface area contributed by atoms with E-state index in [-0.39, 0.29) is 0 Å². The van der Waals surface area contributed by atoms with E-state index < -0.39 is 11.0 Å². The van der Waals surface area contributed by atoms with Gasteiger partial charge in [0.1, 0.15) is 17.0 Å².